The summed E-state index contributed by atoms with van der Waals surface area (Å²) in [5, 5.41) is 9.09. The quantitative estimate of drug-likeness (QED) is 0.787. The van der Waals surface area contributed by atoms with Crippen LogP contribution in [-0.4, -0.2) is 69.7 Å². The molecule has 0 saturated carbocycles. The minimum absolute atomic E-state index is 0.0235. The first-order valence-electron chi connectivity index (χ1n) is 5.90. The Morgan fingerprint density at radius 3 is 3.11 bits per heavy atom. The van der Waals surface area contributed by atoms with Crippen molar-refractivity contribution in [3.8, 4) is 0 Å². The van der Waals surface area contributed by atoms with E-state index in [-0.39, 0.29) is 19.2 Å². The molecule has 2 N–H and O–H groups in total. The molecule has 1 aromatic heterocycles. The maximum Gasteiger partial charge on any atom is 0.328 e. The van der Waals surface area contributed by atoms with E-state index in [0.717, 1.165) is 0 Å². The van der Waals surface area contributed by atoms with E-state index in [1.54, 1.807) is 19.4 Å². The fraction of sp³-hybridized carbons (Fsp3) is 0.545. The van der Waals surface area contributed by atoms with Gasteiger partial charge in [-0.3, -0.25) is 0 Å². The average molecular weight is 268 g/mol. The third-order valence-corrected chi connectivity index (χ3v) is 2.93. The van der Waals surface area contributed by atoms with Crippen molar-refractivity contribution in [1.29, 1.82) is 0 Å². The SMILES string of the molecule is CN(Cc1ncc[nH]1)C(=O)N1CCOCC1C(=O)O. The van der Waals surface area contributed by atoms with Crippen LogP contribution >= 0.6 is 0 Å². The number of aliphatic carboxylic acids is 1. The third-order valence-electron chi connectivity index (χ3n) is 2.93. The van der Waals surface area contributed by atoms with Crippen molar-refractivity contribution >= 4 is 12.0 Å². The molecule has 1 aliphatic heterocycles. The van der Waals surface area contributed by atoms with E-state index in [9.17, 15) is 9.59 Å². The van der Waals surface area contributed by atoms with Gasteiger partial charge in [0.05, 0.1) is 19.8 Å². The molecule has 0 spiro atoms. The molecule has 0 aliphatic carbocycles. The maximum absolute atomic E-state index is 12.2. The van der Waals surface area contributed by atoms with Gasteiger partial charge < -0.3 is 24.6 Å². The van der Waals surface area contributed by atoms with Crippen LogP contribution in [0.25, 0.3) is 0 Å². The number of nitrogens with one attached hydrogen (secondary N) is 1. The van der Waals surface area contributed by atoms with Gasteiger partial charge in [-0.25, -0.2) is 14.6 Å². The molecule has 1 atom stereocenters. The first-order valence-corrected chi connectivity index (χ1v) is 5.90. The Morgan fingerprint density at radius 1 is 1.68 bits per heavy atom. The molecule has 1 aliphatic rings. The largest absolute Gasteiger partial charge is 0.480 e. The number of H-pyrrole nitrogens is 1. The fourth-order valence-electron chi connectivity index (χ4n) is 1.93. The number of aromatic amines is 1. The molecule has 104 valence electrons. The van der Waals surface area contributed by atoms with Gasteiger partial charge in [0, 0.05) is 26.0 Å². The zero-order valence-electron chi connectivity index (χ0n) is 10.6. The highest BCUT2D eigenvalue weighted by Gasteiger charge is 2.34. The highest BCUT2D eigenvalue weighted by Crippen LogP contribution is 2.11. The molecule has 2 amide bonds. The first-order chi connectivity index (χ1) is 9.09. The van der Waals surface area contributed by atoms with E-state index in [1.807, 2.05) is 0 Å². The summed E-state index contributed by atoms with van der Waals surface area (Å²) in [6.45, 7) is 0.952. The lowest BCUT2D eigenvalue weighted by molar-refractivity contribution is -0.147. The molecule has 19 heavy (non-hydrogen) atoms. The molecular formula is C11H16N4O4. The maximum atomic E-state index is 12.2. The number of morpholine rings is 1. The van der Waals surface area contributed by atoms with Gasteiger partial charge in [0.2, 0.25) is 0 Å². The van der Waals surface area contributed by atoms with Crippen molar-refractivity contribution in [2.75, 3.05) is 26.8 Å². The number of hydrogen-bond acceptors (Lipinski definition) is 4. The molecule has 2 heterocycles. The van der Waals surface area contributed by atoms with Crippen LogP contribution in [0.15, 0.2) is 12.4 Å². The number of rotatable bonds is 3. The van der Waals surface area contributed by atoms with Crippen LogP contribution < -0.4 is 0 Å². The number of nitrogens with zero attached hydrogens (tertiary/aromatic N) is 3. The smallest absolute Gasteiger partial charge is 0.328 e. The van der Waals surface area contributed by atoms with Crippen molar-refractivity contribution in [2.24, 2.45) is 0 Å². The molecule has 8 heteroatoms. The highest BCUT2D eigenvalue weighted by atomic mass is 16.5. The second-order valence-electron chi connectivity index (χ2n) is 4.30. The first kappa shape index (κ1) is 13.3. The molecule has 1 aromatic rings. The van der Waals surface area contributed by atoms with Crippen molar-refractivity contribution in [3.05, 3.63) is 18.2 Å². The van der Waals surface area contributed by atoms with Gasteiger partial charge in [0.1, 0.15) is 5.82 Å². The Balaban J connectivity index is 2.02. The third kappa shape index (κ3) is 3.02. The number of carboxylic acid groups (broad SMARTS) is 1. The summed E-state index contributed by atoms with van der Waals surface area (Å²) in [5.74, 6) is -0.407. The van der Waals surface area contributed by atoms with E-state index in [4.69, 9.17) is 9.84 Å². The predicted molar refractivity (Wildman–Crippen MR) is 64.4 cm³/mol. The second kappa shape index (κ2) is 5.70. The number of aromatic nitrogens is 2. The summed E-state index contributed by atoms with van der Waals surface area (Å²) in [5.41, 5.74) is 0. The monoisotopic (exact) mass is 268 g/mol. The summed E-state index contributed by atoms with van der Waals surface area (Å²) >= 11 is 0. The normalized spacial score (nSPS) is 19.2. The van der Waals surface area contributed by atoms with Crippen molar-refractivity contribution in [1.82, 2.24) is 19.8 Å². The van der Waals surface area contributed by atoms with Crippen LogP contribution in [0.2, 0.25) is 0 Å². The van der Waals surface area contributed by atoms with E-state index in [1.165, 1.54) is 9.80 Å². The van der Waals surface area contributed by atoms with Crippen molar-refractivity contribution in [2.45, 2.75) is 12.6 Å². The number of imidazole rings is 1. The number of urea groups is 1. The van der Waals surface area contributed by atoms with E-state index in [2.05, 4.69) is 9.97 Å². The topological polar surface area (TPSA) is 98.8 Å². The van der Waals surface area contributed by atoms with Crippen molar-refractivity contribution < 1.29 is 19.4 Å². The van der Waals surface area contributed by atoms with Crippen LogP contribution in [0, 0.1) is 0 Å². The Hall–Kier alpha value is -2.09. The van der Waals surface area contributed by atoms with Gasteiger partial charge in [0.25, 0.3) is 0 Å². The van der Waals surface area contributed by atoms with Gasteiger partial charge in [-0.15, -0.1) is 0 Å². The van der Waals surface area contributed by atoms with E-state index in [0.29, 0.717) is 19.0 Å². The fourth-order valence-corrected chi connectivity index (χ4v) is 1.93. The predicted octanol–water partition coefficient (Wildman–Crippen LogP) is -0.253. The van der Waals surface area contributed by atoms with Gasteiger partial charge in [0.15, 0.2) is 6.04 Å². The Bertz CT molecular complexity index is 448. The van der Waals surface area contributed by atoms with Crippen LogP contribution in [0.1, 0.15) is 5.82 Å². The van der Waals surface area contributed by atoms with Crippen LogP contribution in [0.5, 0.6) is 0 Å². The lowest BCUT2D eigenvalue weighted by Crippen LogP contribution is -2.55. The minimum Gasteiger partial charge on any atom is -0.480 e. The number of hydrogen-bond donors (Lipinski definition) is 2. The van der Waals surface area contributed by atoms with Crippen LogP contribution in [0.4, 0.5) is 4.79 Å². The molecule has 1 saturated heterocycles. The lowest BCUT2D eigenvalue weighted by Gasteiger charge is -2.35. The number of carboxylic acids is 1. The summed E-state index contributed by atoms with van der Waals surface area (Å²) in [4.78, 5) is 33.0. The van der Waals surface area contributed by atoms with Crippen molar-refractivity contribution in [3.63, 3.8) is 0 Å². The Kier molecular flexibility index (Phi) is 4.00. The zero-order valence-corrected chi connectivity index (χ0v) is 10.6. The second-order valence-corrected chi connectivity index (χ2v) is 4.30. The zero-order chi connectivity index (χ0) is 13.8. The van der Waals surface area contributed by atoms with E-state index >= 15 is 0 Å². The molecule has 0 radical (unpaired) electrons. The summed E-state index contributed by atoms with van der Waals surface area (Å²) in [6.07, 6.45) is 3.27. The standard InChI is InChI=1S/C11H16N4O4/c1-14(6-9-12-2-3-13-9)11(18)15-4-5-19-7-8(15)10(16)17/h2-3,8H,4-7H2,1H3,(H,12,13)(H,16,17). The molecule has 1 fully saturated rings. The van der Waals surface area contributed by atoms with E-state index < -0.39 is 12.0 Å². The minimum atomic E-state index is -1.06. The Morgan fingerprint density at radius 2 is 2.47 bits per heavy atom. The van der Waals surface area contributed by atoms with Crippen LogP contribution in [0.3, 0.4) is 0 Å². The molecular weight excluding hydrogens is 252 g/mol. The number of amides is 2. The number of carbonyl (C=O) groups excluding carboxylic acids is 1. The lowest BCUT2D eigenvalue weighted by atomic mass is 10.2. The van der Waals surface area contributed by atoms with Crippen LogP contribution in [-0.2, 0) is 16.1 Å². The average Bonchev–Trinajstić information content (AvgIpc) is 2.90. The summed E-state index contributed by atoms with van der Waals surface area (Å²) in [7, 11) is 1.61. The van der Waals surface area contributed by atoms with Gasteiger partial charge in [-0.1, -0.05) is 0 Å². The summed E-state index contributed by atoms with van der Waals surface area (Å²) < 4.78 is 5.10. The number of ether oxygens (including phenoxy) is 1. The van der Waals surface area contributed by atoms with Gasteiger partial charge >= 0.3 is 12.0 Å². The van der Waals surface area contributed by atoms with Gasteiger partial charge in [-0.05, 0) is 0 Å². The Labute approximate surface area is 110 Å². The number of carbonyl (C=O) groups is 2. The molecule has 1 unspecified atom stereocenters. The van der Waals surface area contributed by atoms with Gasteiger partial charge in [-0.2, -0.15) is 0 Å². The molecule has 0 aromatic carbocycles. The molecule has 2 rings (SSSR count). The molecule has 0 bridgehead atoms. The molecule has 8 nitrogen and oxygen atoms in total. The summed E-state index contributed by atoms with van der Waals surface area (Å²) in [6, 6.07) is -1.27. The highest BCUT2D eigenvalue weighted by molar-refractivity contribution is 5.82.